The van der Waals surface area contributed by atoms with Gasteiger partial charge in [0.25, 0.3) is 11.5 Å². The minimum Gasteiger partial charge on any atom is -0.493 e. The van der Waals surface area contributed by atoms with Gasteiger partial charge >= 0.3 is 0 Å². The van der Waals surface area contributed by atoms with Crippen molar-refractivity contribution < 1.29 is 14.3 Å². The predicted octanol–water partition coefficient (Wildman–Crippen LogP) is 3.98. The third-order valence-electron chi connectivity index (χ3n) is 5.63. The van der Waals surface area contributed by atoms with Crippen LogP contribution >= 0.6 is 11.3 Å². The van der Waals surface area contributed by atoms with E-state index < -0.39 is 0 Å². The smallest absolute Gasteiger partial charge is 0.264 e. The first kappa shape index (κ1) is 23.7. The number of fused-ring (bicyclic) bond motifs is 2. The Balaban J connectivity index is 1.65. The number of carbonyl (C=O) groups is 1. The van der Waals surface area contributed by atoms with E-state index in [-0.39, 0.29) is 18.0 Å². The SMILES string of the molecule is CCN(Cc1nc2cc(OC)c(OC)cc2c(=O)[nH]1)C(=O)c1cc2c(C)nn(CC(C)C)c2s1. The van der Waals surface area contributed by atoms with Crippen LogP contribution in [0.5, 0.6) is 11.5 Å². The van der Waals surface area contributed by atoms with Crippen LogP contribution in [-0.2, 0) is 13.1 Å². The Morgan fingerprint density at radius 1 is 1.18 bits per heavy atom. The molecule has 0 aliphatic heterocycles. The van der Waals surface area contributed by atoms with E-state index in [4.69, 9.17) is 9.47 Å². The number of aromatic nitrogens is 4. The first-order valence-corrected chi connectivity index (χ1v) is 12.0. The first-order valence-electron chi connectivity index (χ1n) is 11.2. The zero-order valence-electron chi connectivity index (χ0n) is 20.3. The van der Waals surface area contributed by atoms with E-state index in [9.17, 15) is 9.59 Å². The molecule has 0 saturated heterocycles. The quantitative estimate of drug-likeness (QED) is 0.407. The van der Waals surface area contributed by atoms with Crippen molar-refractivity contribution in [2.75, 3.05) is 20.8 Å². The fraction of sp³-hybridized carbons (Fsp3) is 0.417. The number of H-pyrrole nitrogens is 1. The van der Waals surface area contributed by atoms with Crippen LogP contribution in [0.2, 0.25) is 0 Å². The number of nitrogens with zero attached hydrogens (tertiary/aromatic N) is 4. The number of hydrogen-bond acceptors (Lipinski definition) is 7. The number of thiophene rings is 1. The van der Waals surface area contributed by atoms with Gasteiger partial charge in [0.15, 0.2) is 11.5 Å². The van der Waals surface area contributed by atoms with Gasteiger partial charge in [-0.1, -0.05) is 13.8 Å². The Kier molecular flexibility index (Phi) is 6.60. The van der Waals surface area contributed by atoms with E-state index in [1.807, 2.05) is 24.6 Å². The monoisotopic (exact) mass is 483 g/mol. The molecule has 0 fully saturated rings. The summed E-state index contributed by atoms with van der Waals surface area (Å²) in [4.78, 5) is 36.8. The maximum Gasteiger partial charge on any atom is 0.264 e. The lowest BCUT2D eigenvalue weighted by Crippen LogP contribution is -2.31. The largest absolute Gasteiger partial charge is 0.493 e. The van der Waals surface area contributed by atoms with Crippen LogP contribution in [0, 0.1) is 12.8 Å². The molecular weight excluding hydrogens is 454 g/mol. The van der Waals surface area contributed by atoms with Crippen molar-refractivity contribution in [3.63, 3.8) is 0 Å². The van der Waals surface area contributed by atoms with Crippen LogP contribution in [0.25, 0.3) is 21.1 Å². The maximum absolute atomic E-state index is 13.4. The van der Waals surface area contributed by atoms with Gasteiger partial charge in [0.2, 0.25) is 0 Å². The van der Waals surface area contributed by atoms with Gasteiger partial charge in [-0.3, -0.25) is 14.3 Å². The number of benzene rings is 1. The second-order valence-corrected chi connectivity index (χ2v) is 9.58. The van der Waals surface area contributed by atoms with Crippen LogP contribution in [0.1, 0.15) is 42.0 Å². The second kappa shape index (κ2) is 9.46. The number of aryl methyl sites for hydroxylation is 1. The van der Waals surface area contributed by atoms with Gasteiger partial charge in [-0.2, -0.15) is 5.10 Å². The molecule has 0 aliphatic rings. The molecule has 1 aromatic carbocycles. The van der Waals surface area contributed by atoms with Crippen molar-refractivity contribution in [3.05, 3.63) is 44.9 Å². The summed E-state index contributed by atoms with van der Waals surface area (Å²) in [7, 11) is 3.04. The molecule has 0 unspecified atom stereocenters. The molecule has 4 aromatic rings. The van der Waals surface area contributed by atoms with E-state index in [0.29, 0.717) is 45.6 Å². The Labute approximate surface area is 201 Å². The molecule has 0 aliphatic carbocycles. The lowest BCUT2D eigenvalue weighted by Gasteiger charge is -2.19. The third kappa shape index (κ3) is 4.37. The van der Waals surface area contributed by atoms with Gasteiger partial charge in [-0.05, 0) is 31.9 Å². The van der Waals surface area contributed by atoms with Gasteiger partial charge in [0, 0.05) is 24.5 Å². The van der Waals surface area contributed by atoms with Crippen molar-refractivity contribution in [2.45, 2.75) is 40.8 Å². The summed E-state index contributed by atoms with van der Waals surface area (Å²) < 4.78 is 12.6. The Bertz CT molecular complexity index is 1420. The Hall–Kier alpha value is -3.40. The van der Waals surface area contributed by atoms with Gasteiger partial charge in [-0.15, -0.1) is 11.3 Å². The molecule has 3 aromatic heterocycles. The summed E-state index contributed by atoms with van der Waals surface area (Å²) in [6.45, 7) is 9.61. The summed E-state index contributed by atoms with van der Waals surface area (Å²) in [5.74, 6) is 1.69. The number of methoxy groups -OCH3 is 2. The molecule has 1 amide bonds. The van der Waals surface area contributed by atoms with Crippen LogP contribution in [-0.4, -0.2) is 51.3 Å². The lowest BCUT2D eigenvalue weighted by molar-refractivity contribution is 0.0753. The molecule has 1 N–H and O–H groups in total. The molecule has 4 rings (SSSR count). The van der Waals surface area contributed by atoms with Crippen molar-refractivity contribution in [1.29, 1.82) is 0 Å². The van der Waals surface area contributed by atoms with Gasteiger partial charge in [0.05, 0.1) is 42.2 Å². The molecule has 0 atom stereocenters. The fourth-order valence-electron chi connectivity index (χ4n) is 3.94. The van der Waals surface area contributed by atoms with Crippen molar-refractivity contribution in [3.8, 4) is 11.5 Å². The molecule has 0 saturated carbocycles. The highest BCUT2D eigenvalue weighted by Gasteiger charge is 2.22. The number of nitrogens with one attached hydrogen (secondary N) is 1. The Morgan fingerprint density at radius 3 is 2.53 bits per heavy atom. The zero-order chi connectivity index (χ0) is 24.6. The average Bonchev–Trinajstić information content (AvgIpc) is 3.37. The topological polar surface area (TPSA) is 102 Å². The van der Waals surface area contributed by atoms with Crippen LogP contribution in [0.15, 0.2) is 23.0 Å². The minimum atomic E-state index is -0.296. The molecule has 0 radical (unpaired) electrons. The summed E-state index contributed by atoms with van der Waals surface area (Å²) in [6.07, 6.45) is 0. The van der Waals surface area contributed by atoms with E-state index in [0.717, 1.165) is 22.5 Å². The highest BCUT2D eigenvalue weighted by atomic mass is 32.1. The number of ether oxygens (including phenoxy) is 2. The summed E-state index contributed by atoms with van der Waals surface area (Å²) >= 11 is 1.45. The number of amides is 1. The number of carbonyl (C=O) groups excluding carboxylic acids is 1. The molecular formula is C24H29N5O4S. The number of rotatable bonds is 8. The number of aromatic amines is 1. The highest BCUT2D eigenvalue weighted by molar-refractivity contribution is 7.20. The molecule has 3 heterocycles. The standard InChI is InChI=1S/C24H29N5O4S/c1-7-28(23(31)20-9-15-14(4)27-29(11-13(2)3)24(15)34-20)12-21-25-17-10-19(33-6)18(32-5)8-16(17)22(30)26-21/h8-10,13H,7,11-12H2,1-6H3,(H,25,26,30). The first-order chi connectivity index (χ1) is 16.2. The second-order valence-electron chi connectivity index (χ2n) is 8.55. The van der Waals surface area contributed by atoms with Gasteiger partial charge in [0.1, 0.15) is 10.7 Å². The fourth-order valence-corrected chi connectivity index (χ4v) is 5.08. The van der Waals surface area contributed by atoms with Gasteiger partial charge < -0.3 is 19.4 Å². The molecule has 34 heavy (non-hydrogen) atoms. The molecule has 0 spiro atoms. The average molecular weight is 484 g/mol. The van der Waals surface area contributed by atoms with Crippen LogP contribution < -0.4 is 15.0 Å². The molecule has 9 nitrogen and oxygen atoms in total. The Morgan fingerprint density at radius 2 is 1.88 bits per heavy atom. The van der Waals surface area contributed by atoms with Crippen molar-refractivity contribution in [2.24, 2.45) is 5.92 Å². The van der Waals surface area contributed by atoms with Crippen LogP contribution in [0.4, 0.5) is 0 Å². The van der Waals surface area contributed by atoms with E-state index >= 15 is 0 Å². The van der Waals surface area contributed by atoms with Crippen molar-refractivity contribution >= 4 is 38.4 Å². The summed E-state index contributed by atoms with van der Waals surface area (Å²) in [5, 5.41) is 6.02. The molecule has 180 valence electrons. The normalized spacial score (nSPS) is 11.5. The molecule has 10 heteroatoms. The van der Waals surface area contributed by atoms with Gasteiger partial charge in [-0.25, -0.2) is 4.98 Å². The maximum atomic E-state index is 13.4. The summed E-state index contributed by atoms with van der Waals surface area (Å²) in [5.41, 5.74) is 1.10. The van der Waals surface area contributed by atoms with Crippen molar-refractivity contribution in [1.82, 2.24) is 24.6 Å². The molecule has 0 bridgehead atoms. The zero-order valence-corrected chi connectivity index (χ0v) is 21.1. The van der Waals surface area contributed by atoms with E-state index in [2.05, 4.69) is 28.9 Å². The lowest BCUT2D eigenvalue weighted by atomic mass is 10.2. The highest BCUT2D eigenvalue weighted by Crippen LogP contribution is 2.31. The summed E-state index contributed by atoms with van der Waals surface area (Å²) in [6, 6.07) is 5.19. The minimum absolute atomic E-state index is 0.103. The number of hydrogen-bond donors (Lipinski definition) is 1. The predicted molar refractivity (Wildman–Crippen MR) is 133 cm³/mol. The van der Waals surface area contributed by atoms with Crippen LogP contribution in [0.3, 0.4) is 0 Å². The van der Waals surface area contributed by atoms with E-state index in [1.165, 1.54) is 25.6 Å². The third-order valence-corrected chi connectivity index (χ3v) is 6.76. The van der Waals surface area contributed by atoms with E-state index in [1.54, 1.807) is 17.0 Å².